The molecular formula is C19H28O7S. The third-order valence-electron chi connectivity index (χ3n) is 4.52. The van der Waals surface area contributed by atoms with E-state index in [1.165, 1.54) is 12.1 Å². The molecule has 0 aliphatic heterocycles. The Kier molecular flexibility index (Phi) is 8.22. The van der Waals surface area contributed by atoms with Crippen molar-refractivity contribution in [2.45, 2.75) is 63.2 Å². The molecule has 1 aromatic rings. The van der Waals surface area contributed by atoms with Gasteiger partial charge in [-0.25, -0.2) is 4.18 Å². The van der Waals surface area contributed by atoms with E-state index >= 15 is 0 Å². The highest BCUT2D eigenvalue weighted by Crippen LogP contribution is 2.29. The van der Waals surface area contributed by atoms with Gasteiger partial charge in [-0.3, -0.25) is 4.79 Å². The Morgan fingerprint density at radius 1 is 1.26 bits per heavy atom. The van der Waals surface area contributed by atoms with E-state index in [9.17, 15) is 18.3 Å². The van der Waals surface area contributed by atoms with Crippen molar-refractivity contribution in [1.82, 2.24) is 0 Å². The highest BCUT2D eigenvalue weighted by molar-refractivity contribution is 7.86. The fourth-order valence-electron chi connectivity index (χ4n) is 3.12. The summed E-state index contributed by atoms with van der Waals surface area (Å²) in [4.78, 5) is 11.9. The van der Waals surface area contributed by atoms with E-state index in [2.05, 4.69) is 0 Å². The quantitative estimate of drug-likeness (QED) is 0.386. The number of hydrogen-bond donors (Lipinski definition) is 1. The molecule has 8 heteroatoms. The number of esters is 1. The second-order valence-corrected chi connectivity index (χ2v) is 8.24. The molecule has 0 bridgehead atoms. The van der Waals surface area contributed by atoms with Gasteiger partial charge in [-0.15, -0.1) is 0 Å². The second-order valence-electron chi connectivity index (χ2n) is 6.67. The lowest BCUT2D eigenvalue weighted by molar-refractivity contribution is -0.155. The summed E-state index contributed by atoms with van der Waals surface area (Å²) in [6, 6.07) is 6.42. The smallest absolute Gasteiger partial charge is 0.308 e. The van der Waals surface area contributed by atoms with Crippen LogP contribution in [0.3, 0.4) is 0 Å². The average Bonchev–Trinajstić information content (AvgIpc) is 2.62. The van der Waals surface area contributed by atoms with Crippen LogP contribution in [-0.4, -0.2) is 45.1 Å². The van der Waals surface area contributed by atoms with Crippen LogP contribution in [0.4, 0.5) is 0 Å². The lowest BCUT2D eigenvalue weighted by atomic mass is 9.87. The Morgan fingerprint density at radius 2 is 1.96 bits per heavy atom. The van der Waals surface area contributed by atoms with Gasteiger partial charge >= 0.3 is 5.97 Å². The summed E-state index contributed by atoms with van der Waals surface area (Å²) in [7, 11) is -4.00. The largest absolute Gasteiger partial charge is 0.466 e. The lowest BCUT2D eigenvalue weighted by Crippen LogP contribution is -2.32. The summed E-state index contributed by atoms with van der Waals surface area (Å²) in [5.41, 5.74) is 0.802. The first-order valence-electron chi connectivity index (χ1n) is 9.28. The van der Waals surface area contributed by atoms with Gasteiger partial charge in [0.25, 0.3) is 10.1 Å². The zero-order valence-corrected chi connectivity index (χ0v) is 16.6. The SMILES string of the molecule is CCOC(=O)C1CCC(OC(CCO)OS(=O)(=O)c2cccc(C)c2)CC1. The van der Waals surface area contributed by atoms with Crippen LogP contribution in [0.1, 0.15) is 44.6 Å². The van der Waals surface area contributed by atoms with Crippen molar-refractivity contribution >= 4 is 16.1 Å². The molecule has 1 aliphatic rings. The van der Waals surface area contributed by atoms with Gasteiger partial charge < -0.3 is 14.6 Å². The highest BCUT2D eigenvalue weighted by atomic mass is 32.2. The molecule has 0 radical (unpaired) electrons. The molecule has 1 aromatic carbocycles. The summed E-state index contributed by atoms with van der Waals surface area (Å²) in [5.74, 6) is -0.334. The van der Waals surface area contributed by atoms with Gasteiger partial charge in [0.15, 0.2) is 6.29 Å². The number of rotatable bonds is 9. The van der Waals surface area contributed by atoms with Gasteiger partial charge in [0.2, 0.25) is 0 Å². The molecule has 0 heterocycles. The minimum absolute atomic E-state index is 0.0445. The van der Waals surface area contributed by atoms with Crippen molar-refractivity contribution in [2.24, 2.45) is 5.92 Å². The maximum Gasteiger partial charge on any atom is 0.308 e. The molecule has 1 saturated carbocycles. The molecule has 0 aromatic heterocycles. The van der Waals surface area contributed by atoms with Crippen molar-refractivity contribution < 1.29 is 32.0 Å². The van der Waals surface area contributed by atoms with Gasteiger partial charge in [0.1, 0.15) is 0 Å². The summed E-state index contributed by atoms with van der Waals surface area (Å²) in [6.45, 7) is 3.67. The Hall–Kier alpha value is -1.48. The fraction of sp³-hybridized carbons (Fsp3) is 0.632. The molecule has 1 unspecified atom stereocenters. The molecule has 152 valence electrons. The van der Waals surface area contributed by atoms with Gasteiger partial charge in [-0.05, 0) is 57.2 Å². The highest BCUT2D eigenvalue weighted by Gasteiger charge is 2.31. The third-order valence-corrected chi connectivity index (χ3v) is 5.81. The Morgan fingerprint density at radius 3 is 2.56 bits per heavy atom. The molecule has 0 amide bonds. The van der Waals surface area contributed by atoms with Gasteiger partial charge in [-0.2, -0.15) is 8.42 Å². The van der Waals surface area contributed by atoms with E-state index < -0.39 is 16.4 Å². The van der Waals surface area contributed by atoms with Crippen molar-refractivity contribution in [2.75, 3.05) is 13.2 Å². The number of carbonyl (C=O) groups excluding carboxylic acids is 1. The predicted octanol–water partition coefficient (Wildman–Crippen LogP) is 2.55. The summed E-state index contributed by atoms with van der Waals surface area (Å²) < 4.78 is 41.0. The molecular weight excluding hydrogens is 372 g/mol. The first kappa shape index (κ1) is 21.8. The Labute approximate surface area is 160 Å². The van der Waals surface area contributed by atoms with E-state index in [-0.39, 0.29) is 35.9 Å². The Bertz CT molecular complexity index is 709. The minimum Gasteiger partial charge on any atom is -0.466 e. The topological polar surface area (TPSA) is 99.1 Å². The molecule has 2 rings (SSSR count). The normalized spacial score (nSPS) is 21.6. The van der Waals surface area contributed by atoms with Gasteiger partial charge in [-0.1, -0.05) is 12.1 Å². The maximum absolute atomic E-state index is 12.5. The van der Waals surface area contributed by atoms with Crippen LogP contribution in [0.2, 0.25) is 0 Å². The van der Waals surface area contributed by atoms with Crippen LogP contribution in [0, 0.1) is 12.8 Å². The van der Waals surface area contributed by atoms with Crippen molar-refractivity contribution in [1.29, 1.82) is 0 Å². The van der Waals surface area contributed by atoms with Crippen molar-refractivity contribution in [3.8, 4) is 0 Å². The van der Waals surface area contributed by atoms with Crippen LogP contribution in [-0.2, 0) is 28.6 Å². The third kappa shape index (κ3) is 6.57. The van der Waals surface area contributed by atoms with E-state index in [1.807, 2.05) is 0 Å². The second kappa shape index (κ2) is 10.2. The molecule has 7 nitrogen and oxygen atoms in total. The first-order valence-corrected chi connectivity index (χ1v) is 10.7. The molecule has 0 saturated heterocycles. The van der Waals surface area contributed by atoms with Crippen LogP contribution < -0.4 is 0 Å². The van der Waals surface area contributed by atoms with Gasteiger partial charge in [0, 0.05) is 13.0 Å². The van der Waals surface area contributed by atoms with E-state index in [4.69, 9.17) is 13.7 Å². The van der Waals surface area contributed by atoms with Gasteiger partial charge in [0.05, 0.1) is 23.5 Å². The molecule has 1 N–H and O–H groups in total. The fourth-order valence-corrected chi connectivity index (χ4v) is 4.23. The maximum atomic E-state index is 12.5. The molecule has 27 heavy (non-hydrogen) atoms. The average molecular weight is 400 g/mol. The monoisotopic (exact) mass is 400 g/mol. The number of hydrogen-bond acceptors (Lipinski definition) is 7. The summed E-state index contributed by atoms with van der Waals surface area (Å²) >= 11 is 0. The van der Waals surface area contributed by atoms with E-state index in [0.29, 0.717) is 32.3 Å². The predicted molar refractivity (Wildman–Crippen MR) is 98.4 cm³/mol. The molecule has 0 spiro atoms. The Balaban J connectivity index is 1.95. The lowest BCUT2D eigenvalue weighted by Gasteiger charge is -2.30. The molecule has 1 aliphatic carbocycles. The number of aliphatic hydroxyl groups excluding tert-OH is 1. The zero-order chi connectivity index (χ0) is 19.9. The minimum atomic E-state index is -4.00. The number of aryl methyl sites for hydroxylation is 1. The van der Waals surface area contributed by atoms with Crippen LogP contribution >= 0.6 is 0 Å². The number of carbonyl (C=O) groups is 1. The van der Waals surface area contributed by atoms with Crippen LogP contribution in [0.5, 0.6) is 0 Å². The van der Waals surface area contributed by atoms with E-state index in [0.717, 1.165) is 5.56 Å². The van der Waals surface area contributed by atoms with Crippen LogP contribution in [0.15, 0.2) is 29.2 Å². The number of benzene rings is 1. The van der Waals surface area contributed by atoms with Crippen LogP contribution in [0.25, 0.3) is 0 Å². The number of aliphatic hydroxyl groups is 1. The van der Waals surface area contributed by atoms with E-state index in [1.54, 1.807) is 26.0 Å². The number of ether oxygens (including phenoxy) is 2. The first-order chi connectivity index (χ1) is 12.9. The zero-order valence-electron chi connectivity index (χ0n) is 15.8. The van der Waals surface area contributed by atoms with Crippen molar-refractivity contribution in [3.05, 3.63) is 29.8 Å². The molecule has 1 fully saturated rings. The summed E-state index contributed by atoms with van der Waals surface area (Å²) in [6.07, 6.45) is 1.23. The molecule has 1 atom stereocenters. The van der Waals surface area contributed by atoms with Crippen molar-refractivity contribution in [3.63, 3.8) is 0 Å². The standard InChI is InChI=1S/C19H28O7S/c1-3-24-19(21)15-7-9-16(10-8-15)25-18(11-12-20)26-27(22,23)17-6-4-5-14(2)13-17/h4-6,13,15-16,18,20H,3,7-12H2,1-2H3. The summed E-state index contributed by atoms with van der Waals surface area (Å²) in [5, 5.41) is 9.24.